The first-order chi connectivity index (χ1) is 5.83. The van der Waals surface area contributed by atoms with E-state index in [1.165, 1.54) is 0 Å². The summed E-state index contributed by atoms with van der Waals surface area (Å²) < 4.78 is 0. The number of anilines is 1. The van der Waals surface area contributed by atoms with Gasteiger partial charge in [-0.15, -0.1) is 0 Å². The Bertz CT molecular complexity index is 249. The van der Waals surface area contributed by atoms with Gasteiger partial charge in [0.15, 0.2) is 10.9 Å². The first-order valence-electron chi connectivity index (χ1n) is 3.32. The Labute approximate surface area is 75.6 Å². The second kappa shape index (κ2) is 4.45. The van der Waals surface area contributed by atoms with Crippen LogP contribution in [0.2, 0.25) is 0 Å². The Hall–Kier alpha value is -1.43. The number of nitrogens with zero attached hydrogens (tertiary/aromatic N) is 2. The van der Waals surface area contributed by atoms with E-state index in [9.17, 15) is 0 Å². The molecule has 0 atom stereocenters. The average Bonchev–Trinajstić information content (AvgIpc) is 2.16. The van der Waals surface area contributed by atoms with Crippen molar-refractivity contribution in [2.24, 2.45) is 0 Å². The van der Waals surface area contributed by atoms with Crippen molar-refractivity contribution in [1.29, 1.82) is 0 Å². The number of aromatic nitrogens is 2. The summed E-state index contributed by atoms with van der Waals surface area (Å²) in [6, 6.07) is 0. The van der Waals surface area contributed by atoms with E-state index in [1.807, 2.05) is 0 Å². The summed E-state index contributed by atoms with van der Waals surface area (Å²) in [6.45, 7) is 0. The van der Waals surface area contributed by atoms with Gasteiger partial charge in [0, 0.05) is 19.4 Å². The van der Waals surface area contributed by atoms with Crippen LogP contribution in [0.15, 0.2) is 18.6 Å². The summed E-state index contributed by atoms with van der Waals surface area (Å²) in [5.74, 6) is 0.620. The monoisotopic (exact) mass is 183 g/mol. The van der Waals surface area contributed by atoms with Crippen LogP contribution in [-0.4, -0.2) is 22.1 Å². The molecule has 0 aromatic carbocycles. The molecule has 0 bridgehead atoms. The third kappa shape index (κ3) is 2.67. The average molecular weight is 183 g/mol. The van der Waals surface area contributed by atoms with Crippen molar-refractivity contribution in [3.05, 3.63) is 18.6 Å². The molecule has 0 saturated carbocycles. The van der Waals surface area contributed by atoms with Gasteiger partial charge < -0.3 is 5.32 Å². The van der Waals surface area contributed by atoms with E-state index in [2.05, 4.69) is 26.1 Å². The van der Waals surface area contributed by atoms with Crippen molar-refractivity contribution in [3.63, 3.8) is 0 Å². The van der Waals surface area contributed by atoms with Gasteiger partial charge in [0.1, 0.15) is 0 Å². The number of rotatable bonds is 2. The number of hydrogen-bond acceptors (Lipinski definition) is 4. The second-order valence-electron chi connectivity index (χ2n) is 1.92. The summed E-state index contributed by atoms with van der Waals surface area (Å²) in [5.41, 5.74) is 5.48. The molecule has 5 nitrogen and oxygen atoms in total. The number of thiocarbonyl (C=S) groups is 1. The van der Waals surface area contributed by atoms with Crippen molar-refractivity contribution in [2.45, 2.75) is 0 Å². The topological polar surface area (TPSA) is 61.9 Å². The summed E-state index contributed by atoms with van der Waals surface area (Å²) >= 11 is 4.82. The first-order valence-corrected chi connectivity index (χ1v) is 3.73. The van der Waals surface area contributed by atoms with Crippen LogP contribution >= 0.6 is 12.2 Å². The largest absolute Gasteiger partial charge is 0.364 e. The molecule has 6 heteroatoms. The zero-order valence-electron chi connectivity index (χ0n) is 6.53. The molecule has 0 radical (unpaired) electrons. The highest BCUT2D eigenvalue weighted by Crippen LogP contribution is 1.92. The lowest BCUT2D eigenvalue weighted by atomic mass is 10.7. The van der Waals surface area contributed by atoms with E-state index in [1.54, 1.807) is 25.6 Å². The minimum absolute atomic E-state index is 0.501. The lowest BCUT2D eigenvalue weighted by Crippen LogP contribution is -2.36. The van der Waals surface area contributed by atoms with Crippen molar-refractivity contribution in [1.82, 2.24) is 20.7 Å². The van der Waals surface area contributed by atoms with Crippen LogP contribution in [0.4, 0.5) is 5.82 Å². The van der Waals surface area contributed by atoms with Gasteiger partial charge in [-0.05, 0) is 12.2 Å². The summed E-state index contributed by atoms with van der Waals surface area (Å²) in [7, 11) is 1.73. The van der Waals surface area contributed by atoms with E-state index >= 15 is 0 Å². The zero-order valence-corrected chi connectivity index (χ0v) is 7.35. The van der Waals surface area contributed by atoms with E-state index in [0.717, 1.165) is 0 Å². The molecule has 12 heavy (non-hydrogen) atoms. The maximum Gasteiger partial charge on any atom is 0.184 e. The molecule has 3 N–H and O–H groups in total. The van der Waals surface area contributed by atoms with Crippen LogP contribution in [-0.2, 0) is 0 Å². The third-order valence-corrected chi connectivity index (χ3v) is 1.40. The van der Waals surface area contributed by atoms with E-state index in [-0.39, 0.29) is 0 Å². The quantitative estimate of drug-likeness (QED) is 0.439. The Morgan fingerprint density at radius 3 is 2.92 bits per heavy atom. The number of hydrogen-bond donors (Lipinski definition) is 3. The SMILES string of the molecule is CNC(=S)NNc1cnccn1. The van der Waals surface area contributed by atoms with Crippen LogP contribution in [0.25, 0.3) is 0 Å². The molecule has 1 rings (SSSR count). The normalized spacial score (nSPS) is 8.75. The summed E-state index contributed by atoms with van der Waals surface area (Å²) in [4.78, 5) is 7.82. The molecular weight excluding hydrogens is 174 g/mol. The fourth-order valence-corrected chi connectivity index (χ4v) is 0.598. The van der Waals surface area contributed by atoms with E-state index in [4.69, 9.17) is 12.2 Å². The molecule has 0 unspecified atom stereocenters. The van der Waals surface area contributed by atoms with Gasteiger partial charge in [0.25, 0.3) is 0 Å². The van der Waals surface area contributed by atoms with Crippen LogP contribution in [0.3, 0.4) is 0 Å². The third-order valence-electron chi connectivity index (χ3n) is 1.09. The van der Waals surface area contributed by atoms with E-state index in [0.29, 0.717) is 10.9 Å². The van der Waals surface area contributed by atoms with Crippen molar-refractivity contribution in [3.8, 4) is 0 Å². The lowest BCUT2D eigenvalue weighted by molar-refractivity contribution is 1.01. The number of hydrazine groups is 1. The minimum Gasteiger partial charge on any atom is -0.364 e. The smallest absolute Gasteiger partial charge is 0.184 e. The predicted molar refractivity (Wildman–Crippen MR) is 50.4 cm³/mol. The van der Waals surface area contributed by atoms with Gasteiger partial charge in [0.05, 0.1) is 6.20 Å². The van der Waals surface area contributed by atoms with Gasteiger partial charge >= 0.3 is 0 Å². The molecule has 0 aliphatic heterocycles. The summed E-state index contributed by atoms with van der Waals surface area (Å²) in [5, 5.41) is 3.25. The van der Waals surface area contributed by atoms with Crippen LogP contribution in [0.5, 0.6) is 0 Å². The molecule has 0 spiro atoms. The molecule has 0 amide bonds. The highest BCUT2D eigenvalue weighted by Gasteiger charge is 1.91. The van der Waals surface area contributed by atoms with Crippen molar-refractivity contribution in [2.75, 3.05) is 12.5 Å². The zero-order chi connectivity index (χ0) is 8.81. The molecule has 0 fully saturated rings. The fraction of sp³-hybridized carbons (Fsp3) is 0.167. The van der Waals surface area contributed by atoms with Crippen molar-refractivity contribution < 1.29 is 0 Å². The van der Waals surface area contributed by atoms with Crippen LogP contribution in [0, 0.1) is 0 Å². The fourth-order valence-electron chi connectivity index (χ4n) is 0.547. The molecule has 0 aliphatic carbocycles. The van der Waals surface area contributed by atoms with E-state index < -0.39 is 0 Å². The number of nitrogens with one attached hydrogen (secondary N) is 3. The van der Waals surface area contributed by atoms with Gasteiger partial charge in [-0.25, -0.2) is 4.98 Å². The Morgan fingerprint density at radius 1 is 1.50 bits per heavy atom. The molecule has 1 aromatic rings. The predicted octanol–water partition coefficient (Wildman–Crippen LogP) is -0.103. The standard InChI is InChI=1S/C6H9N5S/c1-7-6(12)11-10-5-4-8-2-3-9-5/h2-4H,1H3,(H,9,10)(H2,7,11,12). The van der Waals surface area contributed by atoms with Crippen LogP contribution in [0.1, 0.15) is 0 Å². The van der Waals surface area contributed by atoms with Gasteiger partial charge in [0.2, 0.25) is 0 Å². The molecule has 1 aromatic heterocycles. The van der Waals surface area contributed by atoms with Gasteiger partial charge in [-0.1, -0.05) is 0 Å². The maximum atomic E-state index is 4.82. The first kappa shape index (κ1) is 8.66. The highest BCUT2D eigenvalue weighted by molar-refractivity contribution is 7.80. The highest BCUT2D eigenvalue weighted by atomic mass is 32.1. The molecule has 0 saturated heterocycles. The summed E-state index contributed by atoms with van der Waals surface area (Å²) in [6.07, 6.45) is 4.78. The molecule has 1 heterocycles. The lowest BCUT2D eigenvalue weighted by Gasteiger charge is -2.07. The minimum atomic E-state index is 0.501. The Morgan fingerprint density at radius 2 is 2.33 bits per heavy atom. The molecular formula is C6H9N5S. The van der Waals surface area contributed by atoms with Gasteiger partial charge in [-0.3, -0.25) is 15.8 Å². The maximum absolute atomic E-state index is 4.82. The Balaban J connectivity index is 2.38. The van der Waals surface area contributed by atoms with Crippen molar-refractivity contribution >= 4 is 23.1 Å². The molecule has 0 aliphatic rings. The molecule has 64 valence electrons. The van der Waals surface area contributed by atoms with Gasteiger partial charge in [-0.2, -0.15) is 0 Å². The van der Waals surface area contributed by atoms with Crippen LogP contribution < -0.4 is 16.2 Å². The Kier molecular flexibility index (Phi) is 3.21. The second-order valence-corrected chi connectivity index (χ2v) is 2.33.